The first-order valence-electron chi connectivity index (χ1n) is 10.3. The van der Waals surface area contributed by atoms with Gasteiger partial charge in [0.15, 0.2) is 0 Å². The third-order valence-electron chi connectivity index (χ3n) is 5.60. The normalized spacial score (nSPS) is 14.3. The highest BCUT2D eigenvalue weighted by Crippen LogP contribution is 2.35. The summed E-state index contributed by atoms with van der Waals surface area (Å²) in [5.74, 6) is 0.0324. The predicted octanol–water partition coefficient (Wildman–Crippen LogP) is 5.37. The zero-order valence-corrected chi connectivity index (χ0v) is 17.0. The number of carbonyl (C=O) groups excluding carboxylic acids is 1. The van der Waals surface area contributed by atoms with Gasteiger partial charge in [-0.1, -0.05) is 6.92 Å². The number of pyridine rings is 1. The summed E-state index contributed by atoms with van der Waals surface area (Å²) in [5.41, 5.74) is 1.97. The number of carbonyl (C=O) groups is 1. The molecule has 1 aliphatic rings. The zero-order chi connectivity index (χ0) is 21.5. The lowest BCUT2D eigenvalue weighted by Crippen LogP contribution is -2.32. The van der Waals surface area contributed by atoms with Crippen molar-refractivity contribution in [2.45, 2.75) is 45.8 Å². The molecule has 0 N–H and O–H groups in total. The van der Waals surface area contributed by atoms with E-state index in [1.165, 1.54) is 6.07 Å². The smallest absolute Gasteiger partial charge is 0.338 e. The van der Waals surface area contributed by atoms with E-state index in [0.717, 1.165) is 42.5 Å². The Hall–Kier alpha value is -2.83. The van der Waals surface area contributed by atoms with Crippen LogP contribution < -0.4 is 0 Å². The Morgan fingerprint density at radius 3 is 2.57 bits per heavy atom. The van der Waals surface area contributed by atoms with E-state index in [-0.39, 0.29) is 18.4 Å². The third-order valence-corrected chi connectivity index (χ3v) is 5.60. The molecule has 2 heterocycles. The van der Waals surface area contributed by atoms with Gasteiger partial charge in [-0.05, 0) is 68.1 Å². The summed E-state index contributed by atoms with van der Waals surface area (Å²) in [7, 11) is 0. The van der Waals surface area contributed by atoms with E-state index in [1.807, 2.05) is 42.8 Å². The molecule has 4 rings (SSSR count). The van der Waals surface area contributed by atoms with Crippen LogP contribution in [0.2, 0.25) is 0 Å². The van der Waals surface area contributed by atoms with Crippen LogP contribution in [0.25, 0.3) is 16.7 Å². The summed E-state index contributed by atoms with van der Waals surface area (Å²) in [5, 5.41) is 0.916. The summed E-state index contributed by atoms with van der Waals surface area (Å²) in [6.45, 7) is 4.45. The summed E-state index contributed by atoms with van der Waals surface area (Å²) in [4.78, 5) is 18.9. The quantitative estimate of drug-likeness (QED) is 0.543. The number of hydrogen-bond acceptors (Lipinski definition) is 2. The molecule has 0 aliphatic heterocycles. The van der Waals surface area contributed by atoms with Gasteiger partial charge >= 0.3 is 6.18 Å². The lowest BCUT2D eigenvalue weighted by atomic mass is 10.1. The van der Waals surface area contributed by atoms with E-state index < -0.39 is 11.7 Å². The van der Waals surface area contributed by atoms with Gasteiger partial charge in [-0.3, -0.25) is 4.79 Å². The first-order chi connectivity index (χ1) is 14.3. The molecule has 4 nitrogen and oxygen atoms in total. The molecule has 0 unspecified atom stereocenters. The first-order valence-corrected chi connectivity index (χ1v) is 10.3. The Kier molecular flexibility index (Phi) is 5.30. The van der Waals surface area contributed by atoms with Crippen molar-refractivity contribution >= 4 is 16.9 Å². The minimum atomic E-state index is -4.45. The Labute approximate surface area is 173 Å². The van der Waals surface area contributed by atoms with Crippen LogP contribution in [0.1, 0.15) is 43.5 Å². The highest BCUT2D eigenvalue weighted by molar-refractivity contribution is 5.81. The number of aryl methyl sites for hydroxylation is 1. The second kappa shape index (κ2) is 7.78. The van der Waals surface area contributed by atoms with Crippen LogP contribution in [-0.2, 0) is 23.9 Å². The van der Waals surface area contributed by atoms with Crippen molar-refractivity contribution in [1.82, 2.24) is 14.5 Å². The summed E-state index contributed by atoms with van der Waals surface area (Å²) < 4.78 is 42.0. The Balaban J connectivity index is 1.82. The van der Waals surface area contributed by atoms with Crippen LogP contribution in [0.5, 0.6) is 0 Å². The number of fused-ring (bicyclic) bond motifs is 1. The fourth-order valence-electron chi connectivity index (χ4n) is 3.70. The molecule has 7 heteroatoms. The molecule has 1 aliphatic carbocycles. The number of aromatic nitrogens is 2. The molecular weight excluding hydrogens is 391 g/mol. The van der Waals surface area contributed by atoms with Gasteiger partial charge in [-0.25, -0.2) is 4.98 Å². The van der Waals surface area contributed by atoms with E-state index in [1.54, 1.807) is 4.90 Å². The van der Waals surface area contributed by atoms with Crippen LogP contribution >= 0.6 is 0 Å². The van der Waals surface area contributed by atoms with Gasteiger partial charge < -0.3 is 9.47 Å². The number of rotatable bonds is 6. The molecule has 0 atom stereocenters. The van der Waals surface area contributed by atoms with Gasteiger partial charge in [0, 0.05) is 36.3 Å². The molecule has 1 fully saturated rings. The lowest BCUT2D eigenvalue weighted by molar-refractivity contribution is -0.137. The molecule has 0 bridgehead atoms. The number of amides is 1. The van der Waals surface area contributed by atoms with Gasteiger partial charge in [0.05, 0.1) is 11.3 Å². The number of benzene rings is 1. The zero-order valence-electron chi connectivity index (χ0n) is 17.0. The van der Waals surface area contributed by atoms with Crippen molar-refractivity contribution in [2.75, 3.05) is 6.54 Å². The van der Waals surface area contributed by atoms with Crippen LogP contribution in [-0.4, -0.2) is 26.9 Å². The highest BCUT2D eigenvalue weighted by Gasteiger charge is 2.34. The largest absolute Gasteiger partial charge is 0.416 e. The number of halogens is 3. The van der Waals surface area contributed by atoms with E-state index in [0.29, 0.717) is 23.4 Å². The van der Waals surface area contributed by atoms with Gasteiger partial charge in [-0.2, -0.15) is 13.2 Å². The molecule has 1 saturated carbocycles. The van der Waals surface area contributed by atoms with Crippen molar-refractivity contribution < 1.29 is 18.0 Å². The maximum atomic E-state index is 13.4. The Morgan fingerprint density at radius 2 is 1.93 bits per heavy atom. The standard InChI is InChI=1S/C23H24F3N3O/c1-3-19-9-7-15-11-12-29(21(15)27-19)20-10-8-18(23(24,25)26)13-17(20)14-28(4-2)22(30)16-5-6-16/h7-13,16H,3-6,14H2,1-2H3. The molecule has 158 valence electrons. The van der Waals surface area contributed by atoms with E-state index in [2.05, 4.69) is 4.98 Å². The number of hydrogen-bond donors (Lipinski definition) is 0. The first kappa shape index (κ1) is 20.4. The molecule has 0 saturated heterocycles. The summed E-state index contributed by atoms with van der Waals surface area (Å²) in [6.07, 6.45) is -0.145. The Morgan fingerprint density at radius 1 is 1.17 bits per heavy atom. The van der Waals surface area contributed by atoms with Crippen LogP contribution in [0.4, 0.5) is 13.2 Å². The van der Waals surface area contributed by atoms with Crippen molar-refractivity contribution in [3.05, 3.63) is 59.4 Å². The molecule has 2 aromatic heterocycles. The van der Waals surface area contributed by atoms with Crippen LogP contribution in [0, 0.1) is 5.92 Å². The fraction of sp³-hybridized carbons (Fsp3) is 0.391. The molecule has 0 spiro atoms. The van der Waals surface area contributed by atoms with Crippen molar-refractivity contribution in [3.63, 3.8) is 0 Å². The highest BCUT2D eigenvalue weighted by atomic mass is 19.4. The van der Waals surface area contributed by atoms with Gasteiger partial charge in [-0.15, -0.1) is 0 Å². The second-order valence-electron chi connectivity index (χ2n) is 7.72. The molecule has 30 heavy (non-hydrogen) atoms. The van der Waals surface area contributed by atoms with E-state index >= 15 is 0 Å². The summed E-state index contributed by atoms with van der Waals surface area (Å²) in [6, 6.07) is 9.55. The van der Waals surface area contributed by atoms with Gasteiger partial charge in [0.1, 0.15) is 5.65 Å². The second-order valence-corrected chi connectivity index (χ2v) is 7.72. The monoisotopic (exact) mass is 415 g/mol. The van der Waals surface area contributed by atoms with Gasteiger partial charge in [0.2, 0.25) is 5.91 Å². The molecular formula is C23H24F3N3O. The van der Waals surface area contributed by atoms with Crippen molar-refractivity contribution in [1.29, 1.82) is 0 Å². The molecule has 0 radical (unpaired) electrons. The number of alkyl halides is 3. The van der Waals surface area contributed by atoms with Crippen molar-refractivity contribution in [2.24, 2.45) is 5.92 Å². The fourth-order valence-corrected chi connectivity index (χ4v) is 3.70. The molecule has 1 amide bonds. The maximum Gasteiger partial charge on any atom is 0.416 e. The van der Waals surface area contributed by atoms with E-state index in [4.69, 9.17) is 0 Å². The van der Waals surface area contributed by atoms with Crippen molar-refractivity contribution in [3.8, 4) is 5.69 Å². The molecule has 3 aromatic rings. The van der Waals surface area contributed by atoms with Crippen LogP contribution in [0.15, 0.2) is 42.6 Å². The minimum absolute atomic E-state index is 0.0142. The SMILES string of the molecule is CCc1ccc2ccn(-c3ccc(C(F)(F)F)cc3CN(CC)C(=O)C3CC3)c2n1. The maximum absolute atomic E-state index is 13.4. The third kappa shape index (κ3) is 3.93. The number of nitrogens with zero attached hydrogens (tertiary/aromatic N) is 3. The van der Waals surface area contributed by atoms with E-state index in [9.17, 15) is 18.0 Å². The minimum Gasteiger partial charge on any atom is -0.338 e. The predicted molar refractivity (Wildman–Crippen MR) is 109 cm³/mol. The van der Waals surface area contributed by atoms with Gasteiger partial charge in [0.25, 0.3) is 0 Å². The average molecular weight is 415 g/mol. The van der Waals surface area contributed by atoms with Crippen LogP contribution in [0.3, 0.4) is 0 Å². The lowest BCUT2D eigenvalue weighted by Gasteiger charge is -2.24. The summed E-state index contributed by atoms with van der Waals surface area (Å²) >= 11 is 0. The Bertz CT molecular complexity index is 1080. The average Bonchev–Trinajstić information content (AvgIpc) is 3.50. The topological polar surface area (TPSA) is 38.1 Å². The molecule has 1 aromatic carbocycles.